The lowest BCUT2D eigenvalue weighted by Gasteiger charge is -2.18. The number of nitrogens with two attached hydrogens (primary N) is 1. The summed E-state index contributed by atoms with van der Waals surface area (Å²) in [5, 5.41) is 3.22. The summed E-state index contributed by atoms with van der Waals surface area (Å²) in [6, 6.07) is 3.87. The second kappa shape index (κ2) is 4.32. The molecule has 84 valence electrons. The fourth-order valence-corrected chi connectivity index (χ4v) is 1.78. The number of aromatic nitrogens is 3. The highest BCUT2D eigenvalue weighted by Gasteiger charge is 2.17. The standard InChI is InChI=1S/C11H15N5/c1-13-10(9-6-14-7-16(9)2)8-4-3-5-15-11(8)12/h3-7,10,13H,1-2H3,(H2,12,15). The molecule has 0 fully saturated rings. The molecule has 2 rings (SSSR count). The van der Waals surface area contributed by atoms with Crippen LogP contribution in [0, 0.1) is 0 Å². The molecule has 0 saturated heterocycles. The third-order valence-corrected chi connectivity index (χ3v) is 2.62. The minimum Gasteiger partial charge on any atom is -0.383 e. The smallest absolute Gasteiger partial charge is 0.128 e. The summed E-state index contributed by atoms with van der Waals surface area (Å²) in [6.07, 6.45) is 5.29. The van der Waals surface area contributed by atoms with Gasteiger partial charge in [-0.2, -0.15) is 0 Å². The molecule has 0 aliphatic carbocycles. The van der Waals surface area contributed by atoms with E-state index in [1.807, 2.05) is 37.0 Å². The van der Waals surface area contributed by atoms with Crippen LogP contribution >= 0.6 is 0 Å². The van der Waals surface area contributed by atoms with Crippen molar-refractivity contribution in [3.05, 3.63) is 42.1 Å². The second-order valence-electron chi connectivity index (χ2n) is 3.63. The molecular formula is C11H15N5. The Morgan fingerprint density at radius 1 is 1.50 bits per heavy atom. The van der Waals surface area contributed by atoms with E-state index < -0.39 is 0 Å². The number of nitrogen functional groups attached to an aromatic ring is 1. The van der Waals surface area contributed by atoms with Gasteiger partial charge in [0, 0.05) is 18.8 Å². The summed E-state index contributed by atoms with van der Waals surface area (Å²) in [4.78, 5) is 8.20. The molecule has 0 aromatic carbocycles. The van der Waals surface area contributed by atoms with Gasteiger partial charge in [-0.1, -0.05) is 6.07 Å². The van der Waals surface area contributed by atoms with Crippen molar-refractivity contribution in [1.29, 1.82) is 0 Å². The van der Waals surface area contributed by atoms with Gasteiger partial charge in [0.15, 0.2) is 0 Å². The van der Waals surface area contributed by atoms with Crippen LogP contribution in [0.2, 0.25) is 0 Å². The van der Waals surface area contributed by atoms with E-state index in [9.17, 15) is 0 Å². The highest BCUT2D eigenvalue weighted by atomic mass is 15.1. The van der Waals surface area contributed by atoms with Crippen LogP contribution in [0.4, 0.5) is 5.82 Å². The molecule has 0 radical (unpaired) electrons. The van der Waals surface area contributed by atoms with E-state index in [1.165, 1.54) is 0 Å². The van der Waals surface area contributed by atoms with Crippen LogP contribution in [-0.4, -0.2) is 21.6 Å². The SMILES string of the molecule is CNC(c1cccnc1N)c1cncn1C. The molecule has 0 bridgehead atoms. The molecule has 1 atom stereocenters. The number of hydrogen-bond donors (Lipinski definition) is 2. The quantitative estimate of drug-likeness (QED) is 0.794. The van der Waals surface area contributed by atoms with Crippen LogP contribution in [0.5, 0.6) is 0 Å². The van der Waals surface area contributed by atoms with E-state index in [1.54, 1.807) is 12.5 Å². The first-order valence-electron chi connectivity index (χ1n) is 5.08. The Bertz CT molecular complexity index is 477. The maximum absolute atomic E-state index is 5.87. The fraction of sp³-hybridized carbons (Fsp3) is 0.273. The van der Waals surface area contributed by atoms with Gasteiger partial charge in [-0.15, -0.1) is 0 Å². The normalized spacial score (nSPS) is 12.6. The summed E-state index contributed by atoms with van der Waals surface area (Å²) in [5.74, 6) is 0.544. The number of nitrogens with zero attached hydrogens (tertiary/aromatic N) is 3. The molecule has 5 heteroatoms. The molecule has 0 aliphatic rings. The summed E-state index contributed by atoms with van der Waals surface area (Å²) in [7, 11) is 3.85. The van der Waals surface area contributed by atoms with Crippen LogP contribution < -0.4 is 11.1 Å². The Morgan fingerprint density at radius 2 is 2.31 bits per heavy atom. The van der Waals surface area contributed by atoms with Crippen LogP contribution in [0.1, 0.15) is 17.3 Å². The van der Waals surface area contributed by atoms with E-state index in [-0.39, 0.29) is 6.04 Å². The molecule has 2 aromatic heterocycles. The van der Waals surface area contributed by atoms with Crippen molar-refractivity contribution in [3.63, 3.8) is 0 Å². The monoisotopic (exact) mass is 217 g/mol. The fourth-order valence-electron chi connectivity index (χ4n) is 1.78. The number of anilines is 1. The van der Waals surface area contributed by atoms with Crippen LogP contribution in [0.3, 0.4) is 0 Å². The van der Waals surface area contributed by atoms with E-state index in [0.29, 0.717) is 5.82 Å². The minimum atomic E-state index is 0.0150. The van der Waals surface area contributed by atoms with E-state index in [0.717, 1.165) is 11.3 Å². The number of imidazole rings is 1. The number of aryl methyl sites for hydroxylation is 1. The first kappa shape index (κ1) is 10.6. The molecule has 0 aliphatic heterocycles. The topological polar surface area (TPSA) is 68.8 Å². The zero-order chi connectivity index (χ0) is 11.5. The van der Waals surface area contributed by atoms with Gasteiger partial charge < -0.3 is 15.6 Å². The lowest BCUT2D eigenvalue weighted by Crippen LogP contribution is -2.21. The van der Waals surface area contributed by atoms with Gasteiger partial charge in [0.25, 0.3) is 0 Å². The lowest BCUT2D eigenvalue weighted by molar-refractivity contribution is 0.638. The van der Waals surface area contributed by atoms with Crippen molar-refractivity contribution in [1.82, 2.24) is 19.9 Å². The van der Waals surface area contributed by atoms with E-state index in [4.69, 9.17) is 5.73 Å². The first-order chi connectivity index (χ1) is 7.74. The van der Waals surface area contributed by atoms with Crippen LogP contribution in [0.15, 0.2) is 30.9 Å². The summed E-state index contributed by atoms with van der Waals surface area (Å²) in [5.41, 5.74) is 7.90. The molecule has 16 heavy (non-hydrogen) atoms. The average Bonchev–Trinajstić information content (AvgIpc) is 2.69. The Kier molecular flexibility index (Phi) is 2.87. The Morgan fingerprint density at radius 3 is 2.88 bits per heavy atom. The van der Waals surface area contributed by atoms with Crippen molar-refractivity contribution in [2.75, 3.05) is 12.8 Å². The Labute approximate surface area is 94.3 Å². The van der Waals surface area contributed by atoms with Gasteiger partial charge in [-0.3, -0.25) is 0 Å². The largest absolute Gasteiger partial charge is 0.383 e. The van der Waals surface area contributed by atoms with Crippen molar-refractivity contribution in [2.45, 2.75) is 6.04 Å². The minimum absolute atomic E-state index is 0.0150. The molecule has 2 aromatic rings. The lowest BCUT2D eigenvalue weighted by atomic mass is 10.1. The number of rotatable bonds is 3. The van der Waals surface area contributed by atoms with Gasteiger partial charge in [-0.25, -0.2) is 9.97 Å². The first-order valence-corrected chi connectivity index (χ1v) is 5.08. The van der Waals surface area contributed by atoms with E-state index in [2.05, 4.69) is 15.3 Å². The summed E-state index contributed by atoms with van der Waals surface area (Å²) >= 11 is 0. The van der Waals surface area contributed by atoms with Crippen molar-refractivity contribution in [3.8, 4) is 0 Å². The molecule has 2 heterocycles. The van der Waals surface area contributed by atoms with Crippen LogP contribution in [0.25, 0.3) is 0 Å². The van der Waals surface area contributed by atoms with Crippen molar-refractivity contribution >= 4 is 5.82 Å². The Balaban J connectivity index is 2.45. The molecular weight excluding hydrogens is 202 g/mol. The molecule has 5 nitrogen and oxygen atoms in total. The summed E-state index contributed by atoms with van der Waals surface area (Å²) in [6.45, 7) is 0. The van der Waals surface area contributed by atoms with Gasteiger partial charge in [-0.05, 0) is 13.1 Å². The maximum Gasteiger partial charge on any atom is 0.128 e. The van der Waals surface area contributed by atoms with Crippen molar-refractivity contribution < 1.29 is 0 Å². The number of pyridine rings is 1. The molecule has 3 N–H and O–H groups in total. The van der Waals surface area contributed by atoms with Crippen LogP contribution in [-0.2, 0) is 7.05 Å². The molecule has 1 unspecified atom stereocenters. The van der Waals surface area contributed by atoms with E-state index >= 15 is 0 Å². The van der Waals surface area contributed by atoms with Gasteiger partial charge >= 0.3 is 0 Å². The third-order valence-electron chi connectivity index (χ3n) is 2.62. The average molecular weight is 217 g/mol. The summed E-state index contributed by atoms with van der Waals surface area (Å²) < 4.78 is 1.97. The van der Waals surface area contributed by atoms with Gasteiger partial charge in [0.05, 0.1) is 24.3 Å². The van der Waals surface area contributed by atoms with Gasteiger partial charge in [0.2, 0.25) is 0 Å². The van der Waals surface area contributed by atoms with Crippen molar-refractivity contribution in [2.24, 2.45) is 7.05 Å². The molecule has 0 saturated carbocycles. The second-order valence-corrected chi connectivity index (χ2v) is 3.63. The molecule has 0 amide bonds. The molecule has 0 spiro atoms. The maximum atomic E-state index is 5.87. The highest BCUT2D eigenvalue weighted by Crippen LogP contribution is 2.24. The predicted molar refractivity (Wildman–Crippen MR) is 62.8 cm³/mol. The zero-order valence-electron chi connectivity index (χ0n) is 9.38. The van der Waals surface area contributed by atoms with Gasteiger partial charge in [0.1, 0.15) is 5.82 Å². The zero-order valence-corrected chi connectivity index (χ0v) is 9.38. The number of hydrogen-bond acceptors (Lipinski definition) is 4. The highest BCUT2D eigenvalue weighted by molar-refractivity contribution is 5.44. The number of nitrogens with one attached hydrogen (secondary N) is 1. The Hall–Kier alpha value is -1.88. The predicted octanol–water partition coefficient (Wildman–Crippen LogP) is 0.706. The third kappa shape index (κ3) is 1.77.